The number of nitrogens with zero attached hydrogens (tertiary/aromatic N) is 2. The Balaban J connectivity index is 2.29. The normalized spacial score (nSPS) is 13.3. The molecule has 0 aliphatic heterocycles. The van der Waals surface area contributed by atoms with Crippen LogP contribution in [0.1, 0.15) is 23.7 Å². The SMILES string of the molecule is CC(N)Cc1c(C(F)(F)F)nn(C)c1SCc1ccc(Cl)cc1. The molecule has 0 radical (unpaired) electrons. The monoisotopic (exact) mass is 363 g/mol. The molecule has 1 heterocycles. The van der Waals surface area contributed by atoms with Gasteiger partial charge in [0.1, 0.15) is 0 Å². The minimum Gasteiger partial charge on any atom is -0.328 e. The fraction of sp³-hybridized carbons (Fsp3) is 0.400. The number of aromatic nitrogens is 2. The Hall–Kier alpha value is -1.18. The molecule has 8 heteroatoms. The lowest BCUT2D eigenvalue weighted by atomic mass is 10.1. The number of thioether (sulfide) groups is 1. The summed E-state index contributed by atoms with van der Waals surface area (Å²) in [6, 6.07) is 6.83. The number of benzene rings is 1. The van der Waals surface area contributed by atoms with Gasteiger partial charge in [0.2, 0.25) is 0 Å². The molecule has 0 aliphatic rings. The Labute approximate surface area is 142 Å². The molecule has 0 bridgehead atoms. The van der Waals surface area contributed by atoms with Crippen LogP contribution in [0.5, 0.6) is 0 Å². The molecule has 2 N–H and O–H groups in total. The van der Waals surface area contributed by atoms with Gasteiger partial charge in [0, 0.05) is 29.4 Å². The fourth-order valence-electron chi connectivity index (χ4n) is 2.20. The Morgan fingerprint density at radius 1 is 1.30 bits per heavy atom. The van der Waals surface area contributed by atoms with Crippen LogP contribution >= 0.6 is 23.4 Å². The summed E-state index contributed by atoms with van der Waals surface area (Å²) in [6.45, 7) is 1.68. The number of nitrogens with two attached hydrogens (primary N) is 1. The third-order valence-electron chi connectivity index (χ3n) is 3.17. The summed E-state index contributed by atoms with van der Waals surface area (Å²) in [5, 5.41) is 4.77. The Bertz CT molecular complexity index is 666. The van der Waals surface area contributed by atoms with Gasteiger partial charge in [-0.25, -0.2) is 0 Å². The molecule has 0 saturated carbocycles. The maximum absolute atomic E-state index is 13.2. The van der Waals surface area contributed by atoms with E-state index in [9.17, 15) is 13.2 Å². The molecule has 0 saturated heterocycles. The lowest BCUT2D eigenvalue weighted by Gasteiger charge is -2.11. The van der Waals surface area contributed by atoms with Crippen molar-refractivity contribution in [3.05, 3.63) is 46.1 Å². The first kappa shape index (κ1) is 18.2. The van der Waals surface area contributed by atoms with Crippen molar-refractivity contribution in [1.29, 1.82) is 0 Å². The molecule has 0 fully saturated rings. The van der Waals surface area contributed by atoms with Gasteiger partial charge in [-0.1, -0.05) is 23.7 Å². The topological polar surface area (TPSA) is 43.8 Å². The van der Waals surface area contributed by atoms with Gasteiger partial charge in [0.05, 0.1) is 5.03 Å². The second-order valence-electron chi connectivity index (χ2n) is 5.35. The highest BCUT2D eigenvalue weighted by atomic mass is 35.5. The molecule has 1 unspecified atom stereocenters. The van der Waals surface area contributed by atoms with Crippen molar-refractivity contribution in [3.8, 4) is 0 Å². The molecule has 0 amide bonds. The van der Waals surface area contributed by atoms with Gasteiger partial charge in [-0.05, 0) is 31.0 Å². The van der Waals surface area contributed by atoms with Crippen LogP contribution in [0.4, 0.5) is 13.2 Å². The van der Waals surface area contributed by atoms with Crippen LogP contribution in [-0.4, -0.2) is 15.8 Å². The number of alkyl halides is 3. The second kappa shape index (κ2) is 7.15. The van der Waals surface area contributed by atoms with E-state index >= 15 is 0 Å². The number of halogens is 4. The number of hydrogen-bond acceptors (Lipinski definition) is 3. The summed E-state index contributed by atoms with van der Waals surface area (Å²) in [5.74, 6) is 0.528. The van der Waals surface area contributed by atoms with Gasteiger partial charge in [0.15, 0.2) is 5.69 Å². The van der Waals surface area contributed by atoms with Crippen molar-refractivity contribution in [1.82, 2.24) is 9.78 Å². The molecule has 2 aromatic rings. The van der Waals surface area contributed by atoms with Crippen LogP contribution in [0, 0.1) is 0 Å². The molecule has 23 heavy (non-hydrogen) atoms. The third-order valence-corrected chi connectivity index (χ3v) is 4.69. The van der Waals surface area contributed by atoms with E-state index in [0.717, 1.165) is 5.56 Å². The maximum atomic E-state index is 13.2. The number of aryl methyl sites for hydroxylation is 1. The molecule has 126 valence electrons. The average Bonchev–Trinajstić information content (AvgIpc) is 2.74. The average molecular weight is 364 g/mol. The molecular weight excluding hydrogens is 347 g/mol. The second-order valence-corrected chi connectivity index (χ2v) is 6.75. The molecule has 0 aliphatic carbocycles. The molecule has 0 spiro atoms. The van der Waals surface area contributed by atoms with Crippen LogP contribution in [0.15, 0.2) is 29.3 Å². The third kappa shape index (κ3) is 4.65. The van der Waals surface area contributed by atoms with E-state index in [2.05, 4.69) is 5.10 Å². The molecule has 1 aromatic carbocycles. The largest absolute Gasteiger partial charge is 0.435 e. The molecular formula is C15H17ClF3N3S. The van der Waals surface area contributed by atoms with Crippen molar-refractivity contribution in [3.63, 3.8) is 0 Å². The molecule has 1 atom stereocenters. The molecule has 3 nitrogen and oxygen atoms in total. The highest BCUT2D eigenvalue weighted by Gasteiger charge is 2.38. The van der Waals surface area contributed by atoms with E-state index in [1.54, 1.807) is 19.1 Å². The van der Waals surface area contributed by atoms with Crippen LogP contribution in [-0.2, 0) is 25.4 Å². The smallest absolute Gasteiger partial charge is 0.328 e. The predicted octanol–water partition coefficient (Wildman–Crippen LogP) is 4.27. The standard InChI is InChI=1S/C15H17ClF3N3S/c1-9(20)7-12-13(15(17,18)19)21-22(2)14(12)23-8-10-3-5-11(16)6-4-10/h3-6,9H,7-8,20H2,1-2H3. The van der Waals surface area contributed by atoms with Crippen molar-refractivity contribution in [2.45, 2.75) is 36.3 Å². The van der Waals surface area contributed by atoms with E-state index in [1.165, 1.54) is 23.5 Å². The summed E-state index contributed by atoms with van der Waals surface area (Å²) in [7, 11) is 1.52. The zero-order chi connectivity index (χ0) is 17.2. The van der Waals surface area contributed by atoms with Crippen molar-refractivity contribution in [2.75, 3.05) is 0 Å². The van der Waals surface area contributed by atoms with E-state index in [4.69, 9.17) is 17.3 Å². The van der Waals surface area contributed by atoms with Gasteiger partial charge in [-0.15, -0.1) is 11.8 Å². The van der Waals surface area contributed by atoms with Crippen LogP contribution in [0.3, 0.4) is 0 Å². The Morgan fingerprint density at radius 3 is 2.43 bits per heavy atom. The fourth-order valence-corrected chi connectivity index (χ4v) is 3.40. The molecule has 2 rings (SSSR count). The first-order valence-corrected chi connectivity index (χ1v) is 8.30. The van der Waals surface area contributed by atoms with Gasteiger partial charge in [-0.2, -0.15) is 18.3 Å². The van der Waals surface area contributed by atoms with Gasteiger partial charge in [-0.3, -0.25) is 4.68 Å². The summed E-state index contributed by atoms with van der Waals surface area (Å²) < 4.78 is 40.8. The van der Waals surface area contributed by atoms with Gasteiger partial charge >= 0.3 is 6.18 Å². The van der Waals surface area contributed by atoms with E-state index < -0.39 is 11.9 Å². The van der Waals surface area contributed by atoms with Crippen LogP contribution in [0.25, 0.3) is 0 Å². The number of hydrogen-bond donors (Lipinski definition) is 1. The predicted molar refractivity (Wildman–Crippen MR) is 86.6 cm³/mol. The minimum absolute atomic E-state index is 0.131. The maximum Gasteiger partial charge on any atom is 0.435 e. The van der Waals surface area contributed by atoms with E-state index in [-0.39, 0.29) is 18.0 Å². The zero-order valence-electron chi connectivity index (χ0n) is 12.7. The van der Waals surface area contributed by atoms with Crippen molar-refractivity contribution >= 4 is 23.4 Å². The Kier molecular flexibility index (Phi) is 5.65. The van der Waals surface area contributed by atoms with Crippen molar-refractivity contribution in [2.24, 2.45) is 12.8 Å². The minimum atomic E-state index is -4.49. The van der Waals surface area contributed by atoms with E-state index in [1.807, 2.05) is 12.1 Å². The first-order valence-electron chi connectivity index (χ1n) is 6.94. The van der Waals surface area contributed by atoms with Gasteiger partial charge < -0.3 is 5.73 Å². The van der Waals surface area contributed by atoms with E-state index in [0.29, 0.717) is 15.8 Å². The summed E-state index contributed by atoms with van der Waals surface area (Å²) in [4.78, 5) is 0. The summed E-state index contributed by atoms with van der Waals surface area (Å²) >= 11 is 7.14. The first-order chi connectivity index (χ1) is 10.7. The number of rotatable bonds is 5. The zero-order valence-corrected chi connectivity index (χ0v) is 14.3. The van der Waals surface area contributed by atoms with Crippen molar-refractivity contribution < 1.29 is 13.2 Å². The lowest BCUT2D eigenvalue weighted by molar-refractivity contribution is -0.142. The quantitative estimate of drug-likeness (QED) is 0.806. The molecule has 1 aromatic heterocycles. The summed E-state index contributed by atoms with van der Waals surface area (Å²) in [6.07, 6.45) is -4.35. The van der Waals surface area contributed by atoms with Crippen LogP contribution in [0.2, 0.25) is 5.02 Å². The summed E-state index contributed by atoms with van der Waals surface area (Å²) in [5.41, 5.74) is 5.99. The highest BCUT2D eigenvalue weighted by molar-refractivity contribution is 7.98. The lowest BCUT2D eigenvalue weighted by Crippen LogP contribution is -2.20. The van der Waals surface area contributed by atoms with Gasteiger partial charge in [0.25, 0.3) is 0 Å². The highest BCUT2D eigenvalue weighted by Crippen LogP contribution is 2.37. The van der Waals surface area contributed by atoms with Crippen LogP contribution < -0.4 is 5.73 Å². The Morgan fingerprint density at radius 2 is 1.91 bits per heavy atom.